The van der Waals surface area contributed by atoms with Gasteiger partial charge >= 0.3 is 0 Å². The molecular weight excluding hydrogens is 316 g/mol. The number of para-hydroxylation sites is 1. The van der Waals surface area contributed by atoms with Gasteiger partial charge in [0.15, 0.2) is 0 Å². The highest BCUT2D eigenvalue weighted by atomic mass is 16.2. The molecule has 0 fully saturated rings. The molecule has 0 aromatic heterocycles. The molecule has 0 radical (unpaired) electrons. The molecule has 0 saturated heterocycles. The number of hydrogen-bond acceptors (Lipinski definition) is 4. The Balaban J connectivity index is 2.52. The van der Waals surface area contributed by atoms with Crippen LogP contribution in [0.2, 0.25) is 0 Å². The second-order valence-electron chi connectivity index (χ2n) is 5.84. The first-order valence-corrected chi connectivity index (χ1v) is 7.73. The van der Waals surface area contributed by atoms with Crippen LogP contribution in [-0.4, -0.2) is 30.8 Å². The predicted octanol–water partition coefficient (Wildman–Crippen LogP) is 2.14. The molecule has 5 N–H and O–H groups in total. The third kappa shape index (κ3) is 4.24. The lowest BCUT2D eigenvalue weighted by atomic mass is 9.95. The Bertz CT molecular complexity index is 815. The lowest BCUT2D eigenvalue weighted by Crippen LogP contribution is -2.23. The molecular formula is C19H22N4O2. The molecule has 2 aromatic rings. The summed E-state index contributed by atoms with van der Waals surface area (Å²) in [6, 6.07) is 11.8. The Kier molecular flexibility index (Phi) is 5.56. The van der Waals surface area contributed by atoms with Crippen molar-refractivity contribution in [2.45, 2.75) is 6.04 Å². The van der Waals surface area contributed by atoms with Crippen molar-refractivity contribution in [2.75, 3.05) is 25.1 Å². The lowest BCUT2D eigenvalue weighted by Gasteiger charge is -2.18. The molecule has 0 spiro atoms. The van der Waals surface area contributed by atoms with Gasteiger partial charge in [0.05, 0.1) is 6.04 Å². The van der Waals surface area contributed by atoms with Gasteiger partial charge in [-0.2, -0.15) is 0 Å². The molecule has 2 amide bonds. The zero-order valence-electron chi connectivity index (χ0n) is 14.3. The van der Waals surface area contributed by atoms with Crippen molar-refractivity contribution in [3.63, 3.8) is 0 Å². The van der Waals surface area contributed by atoms with Gasteiger partial charge in [0.25, 0.3) is 5.91 Å². The molecule has 25 heavy (non-hydrogen) atoms. The number of nitrogens with two attached hydrogens (primary N) is 2. The number of amides is 2. The number of nitrogens with zero attached hydrogens (tertiary/aromatic N) is 1. The Morgan fingerprint density at radius 2 is 1.88 bits per heavy atom. The zero-order chi connectivity index (χ0) is 18.6. The molecule has 2 rings (SSSR count). The second-order valence-corrected chi connectivity index (χ2v) is 5.84. The molecule has 130 valence electrons. The number of hydrogen-bond donors (Lipinski definition) is 3. The summed E-state index contributed by atoms with van der Waals surface area (Å²) in [5.41, 5.74) is 15.2. The maximum atomic E-state index is 12.4. The number of benzene rings is 2. The van der Waals surface area contributed by atoms with Gasteiger partial charge in [-0.05, 0) is 41.5 Å². The maximum absolute atomic E-state index is 12.4. The molecule has 2 aromatic carbocycles. The molecule has 6 nitrogen and oxygen atoms in total. The van der Waals surface area contributed by atoms with Gasteiger partial charge < -0.3 is 21.7 Å². The van der Waals surface area contributed by atoms with Gasteiger partial charge in [-0.25, -0.2) is 0 Å². The summed E-state index contributed by atoms with van der Waals surface area (Å²) >= 11 is 0. The summed E-state index contributed by atoms with van der Waals surface area (Å²) in [7, 11) is 3.32. The normalized spacial score (nSPS) is 11.5. The van der Waals surface area contributed by atoms with Crippen LogP contribution in [0.1, 0.15) is 27.5 Å². The van der Waals surface area contributed by atoms with Gasteiger partial charge in [0.2, 0.25) is 5.91 Å². The fourth-order valence-corrected chi connectivity index (χ4v) is 2.45. The molecule has 0 bridgehead atoms. The maximum Gasteiger partial charge on any atom is 0.253 e. The first-order chi connectivity index (χ1) is 11.8. The smallest absolute Gasteiger partial charge is 0.253 e. The lowest BCUT2D eigenvalue weighted by molar-refractivity contribution is -0.111. The van der Waals surface area contributed by atoms with Gasteiger partial charge in [0.1, 0.15) is 0 Å². The minimum Gasteiger partial charge on any atom is -0.398 e. The van der Waals surface area contributed by atoms with E-state index >= 15 is 0 Å². The first-order valence-electron chi connectivity index (χ1n) is 7.73. The van der Waals surface area contributed by atoms with E-state index in [1.807, 2.05) is 18.2 Å². The van der Waals surface area contributed by atoms with Crippen molar-refractivity contribution in [1.29, 1.82) is 0 Å². The number of anilines is 2. The molecule has 1 atom stereocenters. The average molecular weight is 338 g/mol. The molecule has 0 aliphatic carbocycles. The third-order valence-electron chi connectivity index (χ3n) is 3.75. The molecule has 0 saturated carbocycles. The van der Waals surface area contributed by atoms with Crippen LogP contribution < -0.4 is 16.8 Å². The van der Waals surface area contributed by atoms with E-state index in [1.165, 1.54) is 4.90 Å². The van der Waals surface area contributed by atoms with Crippen LogP contribution >= 0.6 is 0 Å². The largest absolute Gasteiger partial charge is 0.398 e. The minimum absolute atomic E-state index is 0.191. The summed E-state index contributed by atoms with van der Waals surface area (Å²) < 4.78 is 0. The fourth-order valence-electron chi connectivity index (χ4n) is 2.45. The molecule has 0 aliphatic rings. The summed E-state index contributed by atoms with van der Waals surface area (Å²) in [6.07, 6.45) is 1.16. The highest BCUT2D eigenvalue weighted by Gasteiger charge is 2.17. The highest BCUT2D eigenvalue weighted by molar-refractivity contribution is 6.01. The minimum atomic E-state index is -0.532. The van der Waals surface area contributed by atoms with Crippen LogP contribution in [0.3, 0.4) is 0 Å². The third-order valence-corrected chi connectivity index (χ3v) is 3.75. The second kappa shape index (κ2) is 7.63. The van der Waals surface area contributed by atoms with Crippen molar-refractivity contribution < 1.29 is 9.59 Å². The van der Waals surface area contributed by atoms with E-state index in [0.29, 0.717) is 22.5 Å². The Morgan fingerprint density at radius 1 is 1.20 bits per heavy atom. The topological polar surface area (TPSA) is 101 Å². The van der Waals surface area contributed by atoms with E-state index in [1.54, 1.807) is 38.4 Å². The van der Waals surface area contributed by atoms with Crippen LogP contribution in [0.25, 0.3) is 0 Å². The molecule has 0 heterocycles. The van der Waals surface area contributed by atoms with E-state index in [2.05, 4.69) is 11.9 Å². The van der Waals surface area contributed by atoms with Crippen molar-refractivity contribution in [2.24, 2.45) is 5.73 Å². The standard InChI is InChI=1S/C19H22N4O2/c1-4-17(24)22-14-10-12(9-13(11-14)19(25)23(2)3)18(21)15-7-5-6-8-16(15)20/h4-11,18H,1,20-21H2,2-3H3,(H,22,24). The van der Waals surface area contributed by atoms with Gasteiger partial charge in [-0.15, -0.1) is 0 Å². The fraction of sp³-hybridized carbons (Fsp3) is 0.158. The van der Waals surface area contributed by atoms with E-state index < -0.39 is 6.04 Å². The Hall–Kier alpha value is -3.12. The summed E-state index contributed by atoms with van der Waals surface area (Å²) in [5, 5.41) is 2.67. The number of carbonyl (C=O) groups excluding carboxylic acids is 2. The van der Waals surface area contributed by atoms with E-state index in [0.717, 1.165) is 11.6 Å². The number of nitrogen functional groups attached to an aromatic ring is 1. The van der Waals surface area contributed by atoms with E-state index in [-0.39, 0.29) is 11.8 Å². The van der Waals surface area contributed by atoms with Crippen molar-refractivity contribution >= 4 is 23.2 Å². The van der Waals surface area contributed by atoms with Crippen LogP contribution in [0.5, 0.6) is 0 Å². The average Bonchev–Trinajstić information content (AvgIpc) is 2.60. The van der Waals surface area contributed by atoms with Crippen LogP contribution in [0.4, 0.5) is 11.4 Å². The molecule has 0 aliphatic heterocycles. The van der Waals surface area contributed by atoms with E-state index in [4.69, 9.17) is 11.5 Å². The molecule has 1 unspecified atom stereocenters. The van der Waals surface area contributed by atoms with E-state index in [9.17, 15) is 9.59 Å². The van der Waals surface area contributed by atoms with Gasteiger partial charge in [-0.3, -0.25) is 9.59 Å². The number of rotatable bonds is 5. The van der Waals surface area contributed by atoms with Gasteiger partial charge in [0, 0.05) is 31.0 Å². The van der Waals surface area contributed by atoms with Crippen molar-refractivity contribution in [1.82, 2.24) is 4.90 Å². The van der Waals surface area contributed by atoms with Gasteiger partial charge in [-0.1, -0.05) is 24.8 Å². The quantitative estimate of drug-likeness (QED) is 0.574. The van der Waals surface area contributed by atoms with Crippen LogP contribution in [-0.2, 0) is 4.79 Å². The Morgan fingerprint density at radius 3 is 2.48 bits per heavy atom. The number of carbonyl (C=O) groups is 2. The van der Waals surface area contributed by atoms with Crippen molar-refractivity contribution in [3.8, 4) is 0 Å². The SMILES string of the molecule is C=CC(=O)Nc1cc(C(=O)N(C)C)cc(C(N)c2ccccc2N)c1. The zero-order valence-corrected chi connectivity index (χ0v) is 14.3. The first kappa shape index (κ1) is 18.2. The summed E-state index contributed by atoms with van der Waals surface area (Å²) in [6.45, 7) is 3.43. The van der Waals surface area contributed by atoms with Crippen LogP contribution in [0, 0.1) is 0 Å². The number of nitrogens with one attached hydrogen (secondary N) is 1. The molecule has 6 heteroatoms. The Labute approximate surface area is 147 Å². The summed E-state index contributed by atoms with van der Waals surface area (Å²) in [5.74, 6) is -0.558. The van der Waals surface area contributed by atoms with Crippen LogP contribution in [0.15, 0.2) is 55.1 Å². The van der Waals surface area contributed by atoms with Crippen molar-refractivity contribution in [3.05, 3.63) is 71.8 Å². The predicted molar refractivity (Wildman–Crippen MR) is 100 cm³/mol. The highest BCUT2D eigenvalue weighted by Crippen LogP contribution is 2.28. The monoisotopic (exact) mass is 338 g/mol. The summed E-state index contributed by atoms with van der Waals surface area (Å²) in [4.78, 5) is 25.4.